The van der Waals surface area contributed by atoms with E-state index in [0.29, 0.717) is 6.42 Å². The normalized spacial score (nSPS) is 36.8. The smallest absolute Gasteiger partial charge is 0.306 e. The van der Waals surface area contributed by atoms with Crippen LogP contribution in [-0.4, -0.2) is 50.0 Å². The second-order valence-corrected chi connectivity index (χ2v) is 6.80. The Morgan fingerprint density at radius 3 is 2.82 bits per heavy atom. The summed E-state index contributed by atoms with van der Waals surface area (Å²) in [6.45, 7) is 0.230. The summed E-state index contributed by atoms with van der Waals surface area (Å²) < 4.78 is 33.7. The molecule has 0 aliphatic carbocycles. The lowest BCUT2D eigenvalue weighted by atomic mass is 10.1. The van der Waals surface area contributed by atoms with Crippen molar-refractivity contribution in [2.75, 3.05) is 18.1 Å². The molecule has 7 heteroatoms. The van der Waals surface area contributed by atoms with Crippen molar-refractivity contribution in [2.24, 2.45) is 5.92 Å². The first-order valence-electron chi connectivity index (χ1n) is 5.65. The van der Waals surface area contributed by atoms with E-state index in [1.165, 1.54) is 0 Å². The van der Waals surface area contributed by atoms with Crippen LogP contribution in [0.2, 0.25) is 0 Å². The van der Waals surface area contributed by atoms with Gasteiger partial charge in [-0.3, -0.25) is 4.79 Å². The molecule has 2 aliphatic heterocycles. The molecule has 2 fully saturated rings. The lowest BCUT2D eigenvalue weighted by Crippen LogP contribution is -2.34. The Morgan fingerprint density at radius 1 is 1.41 bits per heavy atom. The molecular weight excluding hydrogens is 248 g/mol. The number of carboxylic acid groups (broad SMARTS) is 1. The molecule has 0 radical (unpaired) electrons. The summed E-state index contributed by atoms with van der Waals surface area (Å²) in [6.07, 6.45) is 0.260. The maximum Gasteiger partial charge on any atom is 0.306 e. The van der Waals surface area contributed by atoms with Crippen molar-refractivity contribution < 1.29 is 27.8 Å². The second-order valence-electron chi connectivity index (χ2n) is 4.57. The van der Waals surface area contributed by atoms with E-state index in [-0.39, 0.29) is 30.5 Å². The van der Waals surface area contributed by atoms with Gasteiger partial charge in [-0.15, -0.1) is 0 Å². The number of sulfone groups is 1. The van der Waals surface area contributed by atoms with Crippen molar-refractivity contribution in [3.63, 3.8) is 0 Å². The van der Waals surface area contributed by atoms with E-state index in [0.717, 1.165) is 6.42 Å². The molecule has 0 aromatic heterocycles. The fourth-order valence-electron chi connectivity index (χ4n) is 2.29. The van der Waals surface area contributed by atoms with Crippen LogP contribution < -0.4 is 0 Å². The predicted octanol–water partition coefficient (Wildman–Crippen LogP) is 0.0274. The minimum absolute atomic E-state index is 0.0808. The number of hydrogen-bond acceptors (Lipinski definition) is 5. The summed E-state index contributed by atoms with van der Waals surface area (Å²) in [4.78, 5) is 10.5. The molecule has 0 bridgehead atoms. The fourth-order valence-corrected chi connectivity index (χ4v) is 4.04. The first kappa shape index (κ1) is 12.8. The van der Waals surface area contributed by atoms with Crippen molar-refractivity contribution in [1.29, 1.82) is 0 Å². The zero-order chi connectivity index (χ0) is 12.5. The summed E-state index contributed by atoms with van der Waals surface area (Å²) in [5.74, 6) is -0.783. The summed E-state index contributed by atoms with van der Waals surface area (Å²) in [7, 11) is -2.99. The first-order chi connectivity index (χ1) is 7.96. The molecule has 3 unspecified atom stereocenters. The van der Waals surface area contributed by atoms with Crippen LogP contribution in [0.1, 0.15) is 19.3 Å². The van der Waals surface area contributed by atoms with Gasteiger partial charge in [0, 0.05) is 5.92 Å². The molecular formula is C10H16O6S. The van der Waals surface area contributed by atoms with Gasteiger partial charge >= 0.3 is 5.97 Å². The quantitative estimate of drug-likeness (QED) is 0.773. The van der Waals surface area contributed by atoms with Gasteiger partial charge in [0.2, 0.25) is 0 Å². The minimum Gasteiger partial charge on any atom is -0.481 e. The van der Waals surface area contributed by atoms with Crippen LogP contribution >= 0.6 is 0 Å². The molecule has 0 spiro atoms. The van der Waals surface area contributed by atoms with Gasteiger partial charge in [0.15, 0.2) is 16.1 Å². The fraction of sp³-hybridized carbons (Fsp3) is 0.900. The van der Waals surface area contributed by atoms with Gasteiger partial charge in [-0.2, -0.15) is 0 Å². The van der Waals surface area contributed by atoms with Crippen molar-refractivity contribution in [3.8, 4) is 0 Å². The molecule has 1 N–H and O–H groups in total. The Morgan fingerprint density at radius 2 is 2.18 bits per heavy atom. The molecule has 6 nitrogen and oxygen atoms in total. The Hall–Kier alpha value is -0.660. The van der Waals surface area contributed by atoms with Crippen LogP contribution in [0.15, 0.2) is 0 Å². The lowest BCUT2D eigenvalue weighted by molar-refractivity contribution is -0.141. The molecule has 2 rings (SSSR count). The van der Waals surface area contributed by atoms with Crippen LogP contribution in [0.4, 0.5) is 0 Å². The van der Waals surface area contributed by atoms with Gasteiger partial charge in [-0.1, -0.05) is 0 Å². The number of ether oxygens (including phenoxy) is 2. The van der Waals surface area contributed by atoms with Gasteiger partial charge in [0.25, 0.3) is 0 Å². The molecule has 3 atom stereocenters. The summed E-state index contributed by atoms with van der Waals surface area (Å²) in [5, 5.41) is 8.62. The molecule has 0 amide bonds. The highest BCUT2D eigenvalue weighted by Gasteiger charge is 2.37. The highest BCUT2D eigenvalue weighted by atomic mass is 32.2. The van der Waals surface area contributed by atoms with Gasteiger partial charge < -0.3 is 14.6 Å². The summed E-state index contributed by atoms with van der Waals surface area (Å²) in [6, 6.07) is 0. The average molecular weight is 264 g/mol. The van der Waals surface area contributed by atoms with Crippen LogP contribution in [-0.2, 0) is 24.1 Å². The van der Waals surface area contributed by atoms with Crippen LogP contribution in [0, 0.1) is 5.92 Å². The SMILES string of the molecule is O=C(O)CC1COC(C2CCCS(=O)(=O)C2)O1. The summed E-state index contributed by atoms with van der Waals surface area (Å²) >= 11 is 0. The van der Waals surface area contributed by atoms with E-state index < -0.39 is 28.2 Å². The Kier molecular flexibility index (Phi) is 3.70. The Bertz CT molecular complexity index is 390. The highest BCUT2D eigenvalue weighted by molar-refractivity contribution is 7.91. The topological polar surface area (TPSA) is 89.9 Å². The number of aliphatic carboxylic acids is 1. The largest absolute Gasteiger partial charge is 0.481 e. The Labute approximate surface area is 99.8 Å². The molecule has 98 valence electrons. The van der Waals surface area contributed by atoms with Gasteiger partial charge in [-0.25, -0.2) is 8.42 Å². The third-order valence-electron chi connectivity index (χ3n) is 3.06. The first-order valence-corrected chi connectivity index (χ1v) is 7.48. The monoisotopic (exact) mass is 264 g/mol. The Balaban J connectivity index is 1.90. The van der Waals surface area contributed by atoms with Crippen molar-refractivity contribution in [1.82, 2.24) is 0 Å². The van der Waals surface area contributed by atoms with E-state index in [2.05, 4.69) is 0 Å². The highest BCUT2D eigenvalue weighted by Crippen LogP contribution is 2.28. The van der Waals surface area contributed by atoms with E-state index in [9.17, 15) is 13.2 Å². The van der Waals surface area contributed by atoms with Gasteiger partial charge in [-0.05, 0) is 12.8 Å². The van der Waals surface area contributed by atoms with E-state index in [1.807, 2.05) is 0 Å². The summed E-state index contributed by atoms with van der Waals surface area (Å²) in [5.41, 5.74) is 0. The molecule has 0 aromatic carbocycles. The standard InChI is InChI=1S/C10H16O6S/c11-9(12)4-8-5-15-10(16-8)7-2-1-3-17(13,14)6-7/h7-8,10H,1-6H2,(H,11,12). The third kappa shape index (κ3) is 3.40. The second kappa shape index (κ2) is 4.91. The van der Waals surface area contributed by atoms with E-state index >= 15 is 0 Å². The number of rotatable bonds is 3. The third-order valence-corrected chi connectivity index (χ3v) is 4.91. The molecule has 2 heterocycles. The number of carbonyl (C=O) groups is 1. The van der Waals surface area contributed by atoms with Crippen molar-refractivity contribution >= 4 is 15.8 Å². The molecule has 17 heavy (non-hydrogen) atoms. The van der Waals surface area contributed by atoms with E-state index in [4.69, 9.17) is 14.6 Å². The number of carboxylic acids is 1. The van der Waals surface area contributed by atoms with Gasteiger partial charge in [0.05, 0.1) is 30.6 Å². The molecule has 0 saturated carbocycles. The van der Waals surface area contributed by atoms with Gasteiger partial charge in [0.1, 0.15) is 0 Å². The number of hydrogen-bond donors (Lipinski definition) is 1. The van der Waals surface area contributed by atoms with E-state index in [1.54, 1.807) is 0 Å². The maximum absolute atomic E-state index is 11.5. The van der Waals surface area contributed by atoms with Crippen LogP contribution in [0.3, 0.4) is 0 Å². The predicted molar refractivity (Wildman–Crippen MR) is 58.2 cm³/mol. The van der Waals surface area contributed by atoms with Crippen molar-refractivity contribution in [2.45, 2.75) is 31.7 Å². The van der Waals surface area contributed by atoms with Crippen LogP contribution in [0.5, 0.6) is 0 Å². The molecule has 2 saturated heterocycles. The van der Waals surface area contributed by atoms with Crippen molar-refractivity contribution in [3.05, 3.63) is 0 Å². The lowest BCUT2D eigenvalue weighted by Gasteiger charge is -2.26. The minimum atomic E-state index is -2.99. The van der Waals surface area contributed by atoms with Crippen LogP contribution in [0.25, 0.3) is 0 Å². The average Bonchev–Trinajstić information content (AvgIpc) is 2.63. The zero-order valence-corrected chi connectivity index (χ0v) is 10.2. The zero-order valence-electron chi connectivity index (χ0n) is 9.37. The molecule has 2 aliphatic rings. The molecule has 0 aromatic rings. The maximum atomic E-state index is 11.5.